The first-order valence-electron chi connectivity index (χ1n) is 15.6. The number of carboxylic acid groups (broad SMARTS) is 1. The highest BCUT2D eigenvalue weighted by molar-refractivity contribution is 5.95. The lowest BCUT2D eigenvalue weighted by molar-refractivity contribution is -0.884. The largest absolute Gasteiger partial charge is 0.493 e. The van der Waals surface area contributed by atoms with E-state index in [1.807, 2.05) is 34.1 Å². The monoisotopic (exact) mass is 621 g/mol. The number of aryl methyl sites for hydroxylation is 1. The van der Waals surface area contributed by atoms with Crippen molar-refractivity contribution in [3.05, 3.63) is 65.9 Å². The number of hydrogen-bond donors (Lipinski definition) is 1. The van der Waals surface area contributed by atoms with Gasteiger partial charge in [-0.1, -0.05) is 25.5 Å². The molecular formula is C34H45N4O7+. The van der Waals surface area contributed by atoms with Crippen molar-refractivity contribution in [3.8, 4) is 17.2 Å². The van der Waals surface area contributed by atoms with Crippen LogP contribution in [0.25, 0.3) is 0 Å². The number of anilines is 1. The number of benzene rings is 2. The maximum Gasteiger partial charge on any atom is 0.308 e. The van der Waals surface area contributed by atoms with Gasteiger partial charge in [0.15, 0.2) is 17.4 Å². The number of oxazole rings is 1. The summed E-state index contributed by atoms with van der Waals surface area (Å²) in [5, 5.41) is 10.6. The number of amides is 1. The summed E-state index contributed by atoms with van der Waals surface area (Å²) >= 11 is 0. The van der Waals surface area contributed by atoms with Crippen molar-refractivity contribution in [3.63, 3.8) is 0 Å². The molecule has 0 aliphatic carbocycles. The van der Waals surface area contributed by atoms with Crippen LogP contribution < -0.4 is 19.1 Å². The summed E-state index contributed by atoms with van der Waals surface area (Å²) in [6, 6.07) is 11.4. The number of aromatic nitrogens is 1. The van der Waals surface area contributed by atoms with Gasteiger partial charge in [0, 0.05) is 42.7 Å². The van der Waals surface area contributed by atoms with E-state index in [0.29, 0.717) is 49.1 Å². The Morgan fingerprint density at radius 3 is 2.69 bits per heavy atom. The van der Waals surface area contributed by atoms with Gasteiger partial charge in [0.05, 0.1) is 46.9 Å². The summed E-state index contributed by atoms with van der Waals surface area (Å²) in [6.45, 7) is 4.07. The molecule has 0 spiro atoms. The zero-order valence-electron chi connectivity index (χ0n) is 26.9. The van der Waals surface area contributed by atoms with Gasteiger partial charge < -0.3 is 33.1 Å². The van der Waals surface area contributed by atoms with Crippen LogP contribution in [0.15, 0.2) is 53.3 Å². The van der Waals surface area contributed by atoms with Gasteiger partial charge in [-0.25, -0.2) is 4.98 Å². The maximum absolute atomic E-state index is 14.2. The Morgan fingerprint density at radius 2 is 2.00 bits per heavy atom. The number of quaternary nitrogens is 1. The van der Waals surface area contributed by atoms with E-state index >= 15 is 0 Å². The molecule has 1 N–H and O–H groups in total. The number of carbonyl (C=O) groups is 2. The lowest BCUT2D eigenvalue weighted by Crippen LogP contribution is -2.44. The fourth-order valence-corrected chi connectivity index (χ4v) is 6.55. The van der Waals surface area contributed by atoms with Crippen molar-refractivity contribution in [2.75, 3.05) is 59.6 Å². The van der Waals surface area contributed by atoms with E-state index in [0.717, 1.165) is 40.7 Å². The molecule has 3 aromatic rings. The number of rotatable bonds is 14. The molecular weight excluding hydrogens is 576 g/mol. The highest BCUT2D eigenvalue weighted by Crippen LogP contribution is 2.47. The van der Waals surface area contributed by atoms with Crippen LogP contribution in [0.2, 0.25) is 0 Å². The molecule has 1 amide bonds. The molecule has 0 saturated carbocycles. The summed E-state index contributed by atoms with van der Waals surface area (Å²) in [5.74, 6) is -0.0943. The van der Waals surface area contributed by atoms with Gasteiger partial charge in [-0.15, -0.1) is 0 Å². The highest BCUT2D eigenvalue weighted by atomic mass is 16.7. The Balaban J connectivity index is 1.46. The molecule has 2 aliphatic heterocycles. The molecule has 242 valence electrons. The molecule has 1 fully saturated rings. The van der Waals surface area contributed by atoms with Crippen molar-refractivity contribution in [2.45, 2.75) is 51.1 Å². The van der Waals surface area contributed by atoms with Gasteiger partial charge in [-0.2, -0.15) is 0 Å². The third-order valence-corrected chi connectivity index (χ3v) is 8.53. The lowest BCUT2D eigenvalue weighted by atomic mass is 9.83. The second kappa shape index (κ2) is 13.9. The predicted octanol–water partition coefficient (Wildman–Crippen LogP) is 4.55. The topological polar surface area (TPSA) is 115 Å². The molecule has 5 rings (SSSR count). The third kappa shape index (κ3) is 7.59. The Hall–Kier alpha value is -4.09. The molecule has 3 atom stereocenters. The number of nitrogens with zero attached hydrogens (tertiary/aromatic N) is 4. The van der Waals surface area contributed by atoms with Gasteiger partial charge in [-0.05, 0) is 42.7 Å². The van der Waals surface area contributed by atoms with E-state index in [4.69, 9.17) is 18.6 Å². The first-order valence-corrected chi connectivity index (χ1v) is 15.6. The predicted molar refractivity (Wildman–Crippen MR) is 169 cm³/mol. The second-order valence-electron chi connectivity index (χ2n) is 12.9. The fourth-order valence-electron chi connectivity index (χ4n) is 6.55. The molecule has 0 radical (unpaired) electrons. The number of hydrogen-bond acceptors (Lipinski definition) is 8. The Labute approximate surface area is 264 Å². The van der Waals surface area contributed by atoms with Crippen LogP contribution in [-0.2, 0) is 22.6 Å². The van der Waals surface area contributed by atoms with Crippen LogP contribution in [-0.4, -0.2) is 92.1 Å². The van der Waals surface area contributed by atoms with Crippen LogP contribution in [0, 0.1) is 5.92 Å². The quantitative estimate of drug-likeness (QED) is 0.259. The van der Waals surface area contributed by atoms with Crippen LogP contribution in [0.1, 0.15) is 49.1 Å². The number of ether oxygens (including phenoxy) is 3. The number of methoxy groups -OCH3 is 1. The number of carboxylic acids is 1. The van der Waals surface area contributed by atoms with Gasteiger partial charge >= 0.3 is 5.97 Å². The zero-order chi connectivity index (χ0) is 32.1. The molecule has 3 heterocycles. The first-order chi connectivity index (χ1) is 21.6. The molecule has 1 unspecified atom stereocenters. The Bertz CT molecular complexity index is 1470. The zero-order valence-corrected chi connectivity index (χ0v) is 26.9. The Morgan fingerprint density at radius 1 is 1.18 bits per heavy atom. The second-order valence-corrected chi connectivity index (χ2v) is 12.9. The van der Waals surface area contributed by atoms with E-state index in [1.165, 1.54) is 6.26 Å². The van der Waals surface area contributed by atoms with Gasteiger partial charge in [0.1, 0.15) is 12.8 Å². The summed E-state index contributed by atoms with van der Waals surface area (Å²) in [4.78, 5) is 35.3. The minimum absolute atomic E-state index is 0.0555. The molecule has 2 aliphatic rings. The molecule has 2 aromatic carbocycles. The molecule has 11 nitrogen and oxygen atoms in total. The van der Waals surface area contributed by atoms with Crippen LogP contribution >= 0.6 is 0 Å². The van der Waals surface area contributed by atoms with Crippen LogP contribution in [0.3, 0.4) is 0 Å². The van der Waals surface area contributed by atoms with E-state index in [-0.39, 0.29) is 19.2 Å². The number of aliphatic carboxylic acids is 1. The molecule has 1 saturated heterocycles. The normalized spacial score (nSPS) is 19.5. The van der Waals surface area contributed by atoms with Crippen molar-refractivity contribution in [1.82, 2.24) is 9.88 Å². The van der Waals surface area contributed by atoms with Crippen molar-refractivity contribution >= 4 is 17.6 Å². The number of likely N-dealkylation sites (tertiary alicyclic amines) is 1. The minimum Gasteiger partial charge on any atom is -0.493 e. The van der Waals surface area contributed by atoms with Crippen LogP contribution in [0.4, 0.5) is 5.69 Å². The first kappa shape index (κ1) is 32.3. The summed E-state index contributed by atoms with van der Waals surface area (Å²) in [7, 11) is 7.98. The van der Waals surface area contributed by atoms with Crippen molar-refractivity contribution in [2.24, 2.45) is 5.92 Å². The van der Waals surface area contributed by atoms with Gasteiger partial charge in [-0.3, -0.25) is 14.5 Å². The minimum atomic E-state index is -0.917. The van der Waals surface area contributed by atoms with Crippen LogP contribution in [0.5, 0.6) is 17.2 Å². The van der Waals surface area contributed by atoms with E-state index < -0.39 is 23.8 Å². The molecule has 0 bridgehead atoms. The van der Waals surface area contributed by atoms with E-state index in [2.05, 4.69) is 45.2 Å². The Kier molecular flexibility index (Phi) is 9.99. The van der Waals surface area contributed by atoms with Gasteiger partial charge in [0.25, 0.3) is 0 Å². The lowest BCUT2D eigenvalue weighted by Gasteiger charge is -2.30. The molecule has 11 heteroatoms. The van der Waals surface area contributed by atoms with Gasteiger partial charge in [0.2, 0.25) is 18.4 Å². The summed E-state index contributed by atoms with van der Waals surface area (Å²) in [5.41, 5.74) is 2.79. The third-order valence-electron chi connectivity index (χ3n) is 8.53. The molecule has 1 aromatic heterocycles. The smallest absolute Gasteiger partial charge is 0.308 e. The van der Waals surface area contributed by atoms with E-state index in [1.54, 1.807) is 13.3 Å². The summed E-state index contributed by atoms with van der Waals surface area (Å²) in [6.07, 6.45) is 5.82. The van der Waals surface area contributed by atoms with Crippen molar-refractivity contribution in [1.29, 1.82) is 0 Å². The maximum atomic E-state index is 14.2. The fraction of sp³-hybridized carbons (Fsp3) is 0.500. The summed E-state index contributed by atoms with van der Waals surface area (Å²) < 4.78 is 23.1. The number of carbonyl (C=O) groups excluding carboxylic acids is 1. The van der Waals surface area contributed by atoms with Crippen molar-refractivity contribution < 1.29 is 37.8 Å². The van der Waals surface area contributed by atoms with E-state index in [9.17, 15) is 14.7 Å². The number of unbranched alkanes of at least 4 members (excludes halogenated alkanes) is 1. The highest BCUT2D eigenvalue weighted by Gasteiger charge is 2.47. The molecule has 45 heavy (non-hydrogen) atoms. The average molecular weight is 622 g/mol. The average Bonchev–Trinajstić information content (AvgIpc) is 3.75. The SMILES string of the molecule is CCCCN(C(=O)CN1C[C@H](c2cc(OC)c3c(c2)OCO3)C(C(=O)O)[C@@H]1CCc1ncco1)c1cccc(C[N+](C)(C)C)c1. The standard InChI is InChI=1S/C34H44N4O7/c1-6-7-14-37(25-10-8-9-23(16-25)21-38(2,3)4)31(39)20-36-19-26(24-17-28(42-5)33-29(18-24)44-22-45-33)32(34(40)41)27(36)11-12-30-35-13-15-43-30/h8-10,13,15-18,26-27,32H,6-7,11-12,14,19-22H2,1-5H3/p+1/t26-,27+,32?/m1/s1. The number of fused-ring (bicyclic) bond motifs is 1.